The number of hydrogen-bond acceptors (Lipinski definition) is 6. The first-order valence-corrected chi connectivity index (χ1v) is 10.7. The number of methoxy groups -OCH3 is 2. The van der Waals surface area contributed by atoms with Crippen LogP contribution in [-0.2, 0) is 20.2 Å². The van der Waals surface area contributed by atoms with E-state index in [9.17, 15) is 8.42 Å². The molecule has 0 atom stereocenters. The van der Waals surface area contributed by atoms with E-state index in [2.05, 4.69) is 10.8 Å². The third-order valence-corrected chi connectivity index (χ3v) is 7.27. The molecule has 1 N–H and O–H groups in total. The molecule has 142 valence electrons. The molecule has 6 nitrogen and oxygen atoms in total. The van der Waals surface area contributed by atoms with Gasteiger partial charge in [0, 0.05) is 36.1 Å². The first-order chi connectivity index (χ1) is 12.5. The van der Waals surface area contributed by atoms with Crippen LogP contribution in [0.2, 0.25) is 0 Å². The van der Waals surface area contributed by atoms with E-state index in [1.165, 1.54) is 31.2 Å². The van der Waals surface area contributed by atoms with Crippen molar-refractivity contribution in [3.8, 4) is 11.5 Å². The zero-order chi connectivity index (χ0) is 18.6. The molecule has 0 bridgehead atoms. The molecule has 2 aromatic rings. The average molecular weight is 398 g/mol. The number of hydrogen-bond donors (Lipinski definition) is 1. The van der Waals surface area contributed by atoms with Crippen molar-refractivity contribution < 1.29 is 22.6 Å². The summed E-state index contributed by atoms with van der Waals surface area (Å²) in [5, 5.41) is 2.02. The monoisotopic (exact) mass is 397 g/mol. The highest BCUT2D eigenvalue weighted by Gasteiger charge is 2.36. The van der Waals surface area contributed by atoms with Crippen molar-refractivity contribution in [2.75, 3.05) is 34.0 Å². The van der Waals surface area contributed by atoms with Gasteiger partial charge in [-0.25, -0.2) is 13.1 Å². The maximum atomic E-state index is 12.8. The second-order valence-electron chi connectivity index (χ2n) is 6.21. The number of ether oxygens (including phenoxy) is 3. The Kier molecular flexibility index (Phi) is 5.86. The van der Waals surface area contributed by atoms with Crippen LogP contribution in [0.5, 0.6) is 11.5 Å². The van der Waals surface area contributed by atoms with E-state index in [-0.39, 0.29) is 10.3 Å². The Morgan fingerprint density at radius 1 is 1.15 bits per heavy atom. The van der Waals surface area contributed by atoms with Crippen LogP contribution in [0.4, 0.5) is 0 Å². The predicted molar refractivity (Wildman–Crippen MR) is 101 cm³/mol. The molecule has 0 aliphatic carbocycles. The summed E-state index contributed by atoms with van der Waals surface area (Å²) in [6.45, 7) is 1.61. The summed E-state index contributed by atoms with van der Waals surface area (Å²) in [6.07, 6.45) is 1.59. The molecule has 0 spiro atoms. The maximum absolute atomic E-state index is 12.8. The van der Waals surface area contributed by atoms with Gasteiger partial charge in [0.2, 0.25) is 10.0 Å². The van der Waals surface area contributed by atoms with Gasteiger partial charge in [-0.1, -0.05) is 6.07 Å². The van der Waals surface area contributed by atoms with Crippen LogP contribution in [-0.4, -0.2) is 42.4 Å². The van der Waals surface area contributed by atoms with Gasteiger partial charge in [0.15, 0.2) is 11.5 Å². The van der Waals surface area contributed by atoms with E-state index in [1.54, 1.807) is 17.4 Å². The fourth-order valence-electron chi connectivity index (χ4n) is 3.15. The molecule has 8 heteroatoms. The largest absolute Gasteiger partial charge is 0.493 e. The average Bonchev–Trinajstić information content (AvgIpc) is 3.22. The van der Waals surface area contributed by atoms with Crippen molar-refractivity contribution in [1.29, 1.82) is 0 Å². The van der Waals surface area contributed by atoms with Gasteiger partial charge >= 0.3 is 0 Å². The Morgan fingerprint density at radius 2 is 1.88 bits per heavy atom. The highest BCUT2D eigenvalue weighted by molar-refractivity contribution is 7.89. The van der Waals surface area contributed by atoms with Gasteiger partial charge in [0.05, 0.1) is 19.1 Å². The van der Waals surface area contributed by atoms with Crippen LogP contribution in [0, 0.1) is 0 Å². The van der Waals surface area contributed by atoms with Crippen LogP contribution in [0.25, 0.3) is 0 Å². The zero-order valence-corrected chi connectivity index (χ0v) is 16.5. The summed E-state index contributed by atoms with van der Waals surface area (Å²) in [6, 6.07) is 8.66. The van der Waals surface area contributed by atoms with Crippen molar-refractivity contribution >= 4 is 21.4 Å². The van der Waals surface area contributed by atoms with Gasteiger partial charge in [0.1, 0.15) is 0 Å². The summed E-state index contributed by atoms with van der Waals surface area (Å²) in [5.74, 6) is 0.875. The highest BCUT2D eigenvalue weighted by Crippen LogP contribution is 2.37. The Bertz CT molecular complexity index is 827. The van der Waals surface area contributed by atoms with Crippen LogP contribution in [0.15, 0.2) is 40.6 Å². The predicted octanol–water partition coefficient (Wildman–Crippen LogP) is 2.79. The lowest BCUT2D eigenvalue weighted by atomic mass is 9.79. The van der Waals surface area contributed by atoms with Crippen molar-refractivity contribution in [2.45, 2.75) is 23.2 Å². The van der Waals surface area contributed by atoms with E-state index >= 15 is 0 Å². The minimum absolute atomic E-state index is 0.156. The number of thiophene rings is 1. The van der Waals surface area contributed by atoms with E-state index in [1.807, 2.05) is 11.4 Å². The summed E-state index contributed by atoms with van der Waals surface area (Å²) < 4.78 is 44.3. The lowest BCUT2D eigenvalue weighted by Gasteiger charge is -2.36. The van der Waals surface area contributed by atoms with E-state index in [4.69, 9.17) is 14.2 Å². The van der Waals surface area contributed by atoms with Crippen LogP contribution in [0.3, 0.4) is 0 Å². The van der Waals surface area contributed by atoms with Gasteiger partial charge in [-0.3, -0.25) is 0 Å². The van der Waals surface area contributed by atoms with Crippen molar-refractivity contribution in [1.82, 2.24) is 4.72 Å². The molecule has 26 heavy (non-hydrogen) atoms. The normalized spacial score (nSPS) is 17.0. The third-order valence-electron chi connectivity index (χ3n) is 4.76. The summed E-state index contributed by atoms with van der Waals surface area (Å²) >= 11 is 1.66. The first kappa shape index (κ1) is 19.2. The number of nitrogens with one attached hydrogen (secondary N) is 1. The molecule has 0 unspecified atom stereocenters. The minimum Gasteiger partial charge on any atom is -0.493 e. The van der Waals surface area contributed by atoms with Crippen LogP contribution >= 0.6 is 11.3 Å². The van der Waals surface area contributed by atoms with Gasteiger partial charge < -0.3 is 14.2 Å². The van der Waals surface area contributed by atoms with E-state index < -0.39 is 10.0 Å². The third kappa shape index (κ3) is 3.88. The molecule has 2 heterocycles. The second kappa shape index (κ2) is 7.96. The molecule has 1 aliphatic heterocycles. The van der Waals surface area contributed by atoms with E-state index in [0.717, 1.165) is 12.8 Å². The number of sulfonamides is 1. The van der Waals surface area contributed by atoms with Gasteiger partial charge in [-0.05, 0) is 36.4 Å². The fourth-order valence-corrected chi connectivity index (χ4v) is 5.28. The molecule has 1 aromatic carbocycles. The second-order valence-corrected chi connectivity index (χ2v) is 8.93. The van der Waals surface area contributed by atoms with Crippen molar-refractivity contribution in [3.05, 3.63) is 40.6 Å². The van der Waals surface area contributed by atoms with Gasteiger partial charge in [-0.2, -0.15) is 0 Å². The summed E-state index contributed by atoms with van der Waals surface area (Å²) in [7, 11) is -0.672. The molecule has 0 amide bonds. The lowest BCUT2D eigenvalue weighted by molar-refractivity contribution is 0.0529. The van der Waals surface area contributed by atoms with E-state index in [0.29, 0.717) is 31.3 Å². The van der Waals surface area contributed by atoms with Crippen molar-refractivity contribution in [2.24, 2.45) is 0 Å². The SMILES string of the molecule is COc1ccc(S(=O)(=O)NCC2(c3cccs3)CCOCC2)cc1OC. The fraction of sp³-hybridized carbons (Fsp3) is 0.444. The van der Waals surface area contributed by atoms with Crippen molar-refractivity contribution in [3.63, 3.8) is 0 Å². The Balaban J connectivity index is 1.82. The molecular weight excluding hydrogens is 374 g/mol. The molecular formula is C18H23NO5S2. The van der Waals surface area contributed by atoms with Gasteiger partial charge in [-0.15, -0.1) is 11.3 Å². The van der Waals surface area contributed by atoms with Crippen LogP contribution in [0.1, 0.15) is 17.7 Å². The molecule has 1 fully saturated rings. The summed E-state index contributed by atoms with van der Waals surface area (Å²) in [4.78, 5) is 1.35. The molecule has 1 aromatic heterocycles. The Hall–Kier alpha value is -1.61. The molecule has 0 saturated carbocycles. The minimum atomic E-state index is -3.67. The van der Waals surface area contributed by atoms with Crippen LogP contribution < -0.4 is 14.2 Å². The maximum Gasteiger partial charge on any atom is 0.240 e. The molecule has 3 rings (SSSR count). The summed E-state index contributed by atoms with van der Waals surface area (Å²) in [5.41, 5.74) is -0.226. The molecule has 1 aliphatic rings. The quantitative estimate of drug-likeness (QED) is 0.778. The number of benzene rings is 1. The standard InChI is InChI=1S/C18H23NO5S2/c1-22-15-6-5-14(12-16(15)23-2)26(20,21)19-13-18(7-9-24-10-8-18)17-4-3-11-25-17/h3-6,11-12,19H,7-10,13H2,1-2H3. The Morgan fingerprint density at radius 3 is 2.50 bits per heavy atom. The lowest BCUT2D eigenvalue weighted by Crippen LogP contribution is -2.44. The molecule has 0 radical (unpaired) electrons. The topological polar surface area (TPSA) is 73.9 Å². The Labute approximate surface area is 158 Å². The number of rotatable bonds is 7. The smallest absolute Gasteiger partial charge is 0.240 e. The first-order valence-electron chi connectivity index (χ1n) is 8.34. The molecule has 1 saturated heterocycles. The van der Waals surface area contributed by atoms with Gasteiger partial charge in [0.25, 0.3) is 0 Å². The zero-order valence-electron chi connectivity index (χ0n) is 14.9. The highest BCUT2D eigenvalue weighted by atomic mass is 32.2.